The van der Waals surface area contributed by atoms with Crippen molar-refractivity contribution in [3.63, 3.8) is 0 Å². The Bertz CT molecular complexity index is 1840. The molecule has 0 aliphatic carbocycles. The predicted molar refractivity (Wildman–Crippen MR) is 220 cm³/mol. The molecule has 7 aromatic rings. The van der Waals surface area contributed by atoms with Gasteiger partial charge in [0.1, 0.15) is 0 Å². The average Bonchev–Trinajstić information content (AvgIpc) is 3.21. The highest BCUT2D eigenvalue weighted by Crippen LogP contribution is 2.31. The van der Waals surface area contributed by atoms with E-state index >= 15 is 0 Å². The van der Waals surface area contributed by atoms with Crippen LogP contribution in [-0.2, 0) is 26.2 Å². The zero-order valence-electron chi connectivity index (χ0n) is 30.4. The van der Waals surface area contributed by atoms with Crippen molar-refractivity contribution in [2.75, 3.05) is 9.80 Å². The Kier molecular flexibility index (Phi) is 11.2. The van der Waals surface area contributed by atoms with Gasteiger partial charge in [-0.3, -0.25) is 0 Å². The number of anilines is 2. The lowest BCUT2D eigenvalue weighted by molar-refractivity contribution is 0.798. The molecule has 0 fully saturated rings. The van der Waals surface area contributed by atoms with E-state index in [1.807, 2.05) is 0 Å². The van der Waals surface area contributed by atoms with Crippen molar-refractivity contribution in [3.8, 4) is 0 Å². The number of nitrogens with zero attached hydrogens (tertiary/aromatic N) is 2. The van der Waals surface area contributed by atoms with Gasteiger partial charge in [0.05, 0.1) is 0 Å². The second kappa shape index (κ2) is 16.9. The lowest BCUT2D eigenvalue weighted by atomic mass is 9.88. The maximum Gasteiger partial charge on any atom is 0.0433 e. The highest BCUT2D eigenvalue weighted by molar-refractivity contribution is 5.52. The van der Waals surface area contributed by atoms with Gasteiger partial charge in [-0.1, -0.05) is 184 Å². The third-order valence-electron chi connectivity index (χ3n) is 10.3. The molecule has 0 saturated heterocycles. The van der Waals surface area contributed by atoms with Gasteiger partial charge in [0.2, 0.25) is 0 Å². The van der Waals surface area contributed by atoms with Crippen molar-refractivity contribution in [1.82, 2.24) is 0 Å². The van der Waals surface area contributed by atoms with Crippen LogP contribution < -0.4 is 9.80 Å². The van der Waals surface area contributed by atoms with Gasteiger partial charge in [-0.25, -0.2) is 0 Å². The maximum atomic E-state index is 2.46. The Labute approximate surface area is 310 Å². The minimum absolute atomic E-state index is 0.301. The first kappa shape index (κ1) is 34.6. The molecule has 2 nitrogen and oxygen atoms in total. The summed E-state index contributed by atoms with van der Waals surface area (Å²) in [5.74, 6) is 0.601. The fourth-order valence-electron chi connectivity index (χ4n) is 7.10. The van der Waals surface area contributed by atoms with E-state index in [2.05, 4.69) is 218 Å². The lowest BCUT2D eigenvalue weighted by Crippen LogP contribution is -2.22. The average molecular weight is 677 g/mol. The van der Waals surface area contributed by atoms with Gasteiger partial charge >= 0.3 is 0 Å². The van der Waals surface area contributed by atoms with Crippen molar-refractivity contribution < 1.29 is 0 Å². The lowest BCUT2D eigenvalue weighted by Gasteiger charge is -2.26. The summed E-state index contributed by atoms with van der Waals surface area (Å²) in [6, 6.07) is 70.6. The molecule has 0 aliphatic rings. The van der Waals surface area contributed by atoms with Gasteiger partial charge in [-0.05, 0) is 68.8 Å². The van der Waals surface area contributed by atoms with Gasteiger partial charge in [0.25, 0.3) is 0 Å². The second-order valence-corrected chi connectivity index (χ2v) is 13.9. The minimum Gasteiger partial charge on any atom is -0.363 e. The van der Waals surface area contributed by atoms with E-state index in [9.17, 15) is 0 Å². The van der Waals surface area contributed by atoms with E-state index in [0.29, 0.717) is 11.8 Å². The molecule has 0 spiro atoms. The molecular formula is C50H48N2. The predicted octanol–water partition coefficient (Wildman–Crippen LogP) is 12.4. The van der Waals surface area contributed by atoms with Crippen LogP contribution in [0.25, 0.3) is 0 Å². The van der Waals surface area contributed by atoms with E-state index in [1.54, 1.807) is 0 Å². The van der Waals surface area contributed by atoms with E-state index in [0.717, 1.165) is 26.2 Å². The Morgan fingerprint density at radius 3 is 0.731 bits per heavy atom. The molecule has 0 radical (unpaired) electrons. The SMILES string of the molecule is CC(c1ccc(C(C)c2ccc(N(Cc3ccccc3)Cc3ccccc3)cc2)cc1)c1ccc(N(Cc2ccccc2)Cc2ccccc2)cc1. The van der Waals surface area contributed by atoms with E-state index in [4.69, 9.17) is 0 Å². The molecular weight excluding hydrogens is 629 g/mol. The Hall–Kier alpha value is -5.86. The fourth-order valence-corrected chi connectivity index (χ4v) is 7.10. The van der Waals surface area contributed by atoms with Gasteiger partial charge in [0.15, 0.2) is 0 Å². The molecule has 258 valence electrons. The molecule has 2 heteroatoms. The summed E-state index contributed by atoms with van der Waals surface area (Å²) in [6.45, 7) is 8.10. The van der Waals surface area contributed by atoms with Crippen LogP contribution in [0, 0.1) is 0 Å². The Morgan fingerprint density at radius 2 is 0.500 bits per heavy atom. The highest BCUT2D eigenvalue weighted by atomic mass is 15.1. The summed E-state index contributed by atoms with van der Waals surface area (Å²) in [5.41, 5.74) is 13.1. The second-order valence-electron chi connectivity index (χ2n) is 13.9. The highest BCUT2D eigenvalue weighted by Gasteiger charge is 2.15. The summed E-state index contributed by atoms with van der Waals surface area (Å²) in [4.78, 5) is 4.93. The molecule has 0 heterocycles. The molecule has 0 aromatic heterocycles. The molecule has 0 bridgehead atoms. The zero-order chi connectivity index (χ0) is 35.5. The molecule has 0 N–H and O–H groups in total. The monoisotopic (exact) mass is 676 g/mol. The molecule has 7 aromatic carbocycles. The first-order valence-electron chi connectivity index (χ1n) is 18.5. The summed E-state index contributed by atoms with van der Waals surface area (Å²) >= 11 is 0. The van der Waals surface area contributed by atoms with Crippen molar-refractivity contribution in [2.45, 2.75) is 51.9 Å². The molecule has 2 unspecified atom stereocenters. The summed E-state index contributed by atoms with van der Waals surface area (Å²) < 4.78 is 0. The van der Waals surface area contributed by atoms with Crippen LogP contribution in [0.3, 0.4) is 0 Å². The van der Waals surface area contributed by atoms with Crippen LogP contribution in [-0.4, -0.2) is 0 Å². The van der Waals surface area contributed by atoms with Crippen molar-refractivity contribution in [2.24, 2.45) is 0 Å². The van der Waals surface area contributed by atoms with Crippen LogP contribution in [0.4, 0.5) is 11.4 Å². The molecule has 2 atom stereocenters. The van der Waals surface area contributed by atoms with E-state index < -0.39 is 0 Å². The summed E-state index contributed by atoms with van der Waals surface area (Å²) in [7, 11) is 0. The first-order valence-corrected chi connectivity index (χ1v) is 18.5. The number of hydrogen-bond donors (Lipinski definition) is 0. The zero-order valence-corrected chi connectivity index (χ0v) is 30.4. The quantitative estimate of drug-likeness (QED) is 0.113. The number of rotatable bonds is 14. The van der Waals surface area contributed by atoms with Crippen LogP contribution in [0.5, 0.6) is 0 Å². The number of hydrogen-bond acceptors (Lipinski definition) is 2. The maximum absolute atomic E-state index is 2.46. The molecule has 0 saturated carbocycles. The van der Waals surface area contributed by atoms with Crippen LogP contribution >= 0.6 is 0 Å². The van der Waals surface area contributed by atoms with E-state index in [1.165, 1.54) is 55.9 Å². The standard InChI is InChI=1S/C50H48N2/c1-39(47-27-31-49(32-28-47)51(35-41-15-7-3-8-16-41)36-42-17-9-4-10-18-42)45-23-25-46(26-24-45)40(2)48-29-33-50(34-30-48)52(37-43-19-11-5-12-20-43)38-44-21-13-6-14-22-44/h3-34,39-40H,35-38H2,1-2H3. The molecule has 52 heavy (non-hydrogen) atoms. The van der Waals surface area contributed by atoms with E-state index in [-0.39, 0.29) is 0 Å². The van der Waals surface area contributed by atoms with Gasteiger partial charge in [0, 0.05) is 49.4 Å². The summed E-state index contributed by atoms with van der Waals surface area (Å²) in [6.07, 6.45) is 0. The fraction of sp³-hybridized carbons (Fsp3) is 0.160. The topological polar surface area (TPSA) is 6.48 Å². The molecule has 7 rings (SSSR count). The van der Waals surface area contributed by atoms with Crippen molar-refractivity contribution in [3.05, 3.63) is 239 Å². The number of benzene rings is 7. The first-order chi connectivity index (χ1) is 25.6. The minimum atomic E-state index is 0.301. The smallest absolute Gasteiger partial charge is 0.0433 e. The third kappa shape index (κ3) is 8.89. The van der Waals surface area contributed by atoms with Crippen molar-refractivity contribution in [1.29, 1.82) is 0 Å². The third-order valence-corrected chi connectivity index (χ3v) is 10.3. The van der Waals surface area contributed by atoms with Gasteiger partial charge < -0.3 is 9.80 Å². The van der Waals surface area contributed by atoms with Crippen LogP contribution in [0.1, 0.15) is 70.2 Å². The molecule has 0 aliphatic heterocycles. The molecule has 0 amide bonds. The Morgan fingerprint density at radius 1 is 0.288 bits per heavy atom. The largest absolute Gasteiger partial charge is 0.363 e. The summed E-state index contributed by atoms with van der Waals surface area (Å²) in [5, 5.41) is 0. The van der Waals surface area contributed by atoms with Crippen LogP contribution in [0.2, 0.25) is 0 Å². The van der Waals surface area contributed by atoms with Crippen LogP contribution in [0.15, 0.2) is 194 Å². The van der Waals surface area contributed by atoms with Gasteiger partial charge in [-0.15, -0.1) is 0 Å². The van der Waals surface area contributed by atoms with Crippen molar-refractivity contribution >= 4 is 11.4 Å². The van der Waals surface area contributed by atoms with Gasteiger partial charge in [-0.2, -0.15) is 0 Å². The normalized spacial score (nSPS) is 12.2. The Balaban J connectivity index is 1.03.